The molecular formula is C37H41BrN8O4. The van der Waals surface area contributed by atoms with Crippen LogP contribution < -0.4 is 5.32 Å². The standard InChI is InChI=1S/C37H41BrN8O4/c1-6-8-9-14-44(5)32(48)16-25-11-13-31(38)41-35(25)42-36(50)29-17-37(7-2)18-30(37)46(29)33(49)21-45-28-12-10-24(26-19-39-23(4)40-20-26)15-27(28)34(43-45)22(3)47/h7,10-13,15,19-20,29-30H,2,6,8-9,14,16-18,21H2,1,3-5H3,(H,41,42,50)/t29-,30?,37-/m0/s1. The number of hydrogen-bond acceptors (Lipinski definition) is 8. The van der Waals surface area contributed by atoms with Crippen molar-refractivity contribution >= 4 is 56.2 Å². The van der Waals surface area contributed by atoms with Crippen LogP contribution in [0.15, 0.2) is 60.0 Å². The SMILES string of the molecule is C=C[C@]12CC1N(C(=O)Cn1nc(C(C)=O)c3cc(-c4cnc(C)nc4)ccc31)[C@H](C(=O)Nc1nc(Br)ccc1CC(=O)N(C)CCCCC)C2. The van der Waals surface area contributed by atoms with E-state index in [-0.39, 0.29) is 59.4 Å². The number of aromatic nitrogens is 5. The van der Waals surface area contributed by atoms with Crippen LogP contribution in [0.2, 0.25) is 0 Å². The summed E-state index contributed by atoms with van der Waals surface area (Å²) >= 11 is 3.39. The Labute approximate surface area is 299 Å². The third-order valence-electron chi connectivity index (χ3n) is 9.85. The first-order valence-electron chi connectivity index (χ1n) is 16.9. The van der Waals surface area contributed by atoms with Crippen molar-refractivity contribution in [1.82, 2.24) is 34.5 Å². The first-order valence-corrected chi connectivity index (χ1v) is 17.7. The molecule has 3 atom stereocenters. The molecule has 12 nitrogen and oxygen atoms in total. The number of halogens is 1. The lowest BCUT2D eigenvalue weighted by molar-refractivity contribution is -0.138. The lowest BCUT2D eigenvalue weighted by Gasteiger charge is -2.27. The molecule has 1 aliphatic heterocycles. The van der Waals surface area contributed by atoms with Gasteiger partial charge in [0.15, 0.2) is 5.78 Å². The normalized spacial score (nSPS) is 19.3. The number of hydrogen-bond donors (Lipinski definition) is 1. The number of piperidine rings is 1. The number of Topliss-reactive ketones (excluding diaryl/α,β-unsaturated/α-hetero) is 1. The molecule has 4 heterocycles. The first-order chi connectivity index (χ1) is 23.9. The van der Waals surface area contributed by atoms with E-state index in [4.69, 9.17) is 0 Å². The first kappa shape index (κ1) is 35.1. The van der Waals surface area contributed by atoms with E-state index in [0.29, 0.717) is 46.3 Å². The number of rotatable bonds is 13. The molecule has 3 amide bonds. The van der Waals surface area contributed by atoms with Crippen molar-refractivity contribution < 1.29 is 19.2 Å². The van der Waals surface area contributed by atoms with Crippen molar-refractivity contribution in [2.24, 2.45) is 5.41 Å². The topological polar surface area (TPSA) is 143 Å². The predicted octanol–water partition coefficient (Wildman–Crippen LogP) is 5.54. The van der Waals surface area contributed by atoms with Gasteiger partial charge in [-0.1, -0.05) is 38.0 Å². The monoisotopic (exact) mass is 740 g/mol. The fraction of sp³-hybridized carbons (Fsp3) is 0.405. The number of aryl methyl sites for hydroxylation is 1. The molecule has 6 rings (SSSR count). The quantitative estimate of drug-likeness (QED) is 0.0816. The van der Waals surface area contributed by atoms with E-state index >= 15 is 0 Å². The van der Waals surface area contributed by atoms with Crippen LogP contribution in [0.1, 0.15) is 67.8 Å². The van der Waals surface area contributed by atoms with Crippen LogP contribution in [0, 0.1) is 12.3 Å². The molecule has 4 aromatic rings. The molecule has 0 spiro atoms. The molecule has 1 N–H and O–H groups in total. The molecule has 2 fully saturated rings. The number of amides is 3. The Balaban J connectivity index is 1.24. The number of likely N-dealkylation sites (tertiary alicyclic amines) is 1. The Kier molecular flexibility index (Phi) is 9.97. The van der Waals surface area contributed by atoms with Crippen LogP contribution in [0.25, 0.3) is 22.0 Å². The van der Waals surface area contributed by atoms with Gasteiger partial charge in [-0.2, -0.15) is 5.10 Å². The van der Waals surface area contributed by atoms with E-state index in [2.05, 4.69) is 54.8 Å². The molecule has 1 aromatic carbocycles. The Morgan fingerprint density at radius 2 is 1.86 bits per heavy atom. The highest BCUT2D eigenvalue weighted by molar-refractivity contribution is 9.10. The second-order valence-corrected chi connectivity index (χ2v) is 14.1. The number of fused-ring (bicyclic) bond motifs is 2. The van der Waals surface area contributed by atoms with Crippen molar-refractivity contribution in [3.8, 4) is 11.1 Å². The molecule has 1 unspecified atom stereocenters. The molecule has 1 aliphatic carbocycles. The van der Waals surface area contributed by atoms with E-state index in [9.17, 15) is 19.2 Å². The number of likely N-dealkylation sites (N-methyl/N-ethyl adjacent to an activating group) is 1. The number of carbonyl (C=O) groups is 4. The molecular weight excluding hydrogens is 700 g/mol. The van der Waals surface area contributed by atoms with Crippen LogP contribution in [0.5, 0.6) is 0 Å². The Bertz CT molecular complexity index is 1990. The highest BCUT2D eigenvalue weighted by Gasteiger charge is 2.65. The van der Waals surface area contributed by atoms with Crippen molar-refractivity contribution in [3.05, 3.63) is 77.1 Å². The molecule has 0 radical (unpaired) electrons. The summed E-state index contributed by atoms with van der Waals surface area (Å²) in [6.45, 7) is 9.89. The summed E-state index contributed by atoms with van der Waals surface area (Å²) in [4.78, 5) is 70.3. The Hall–Kier alpha value is -4.78. The minimum Gasteiger partial charge on any atom is -0.345 e. The van der Waals surface area contributed by atoms with Crippen LogP contribution >= 0.6 is 15.9 Å². The van der Waals surface area contributed by atoms with E-state index in [1.54, 1.807) is 41.4 Å². The van der Waals surface area contributed by atoms with Crippen molar-refractivity contribution in [2.45, 2.75) is 77.9 Å². The molecule has 2 aliphatic rings. The third-order valence-corrected chi connectivity index (χ3v) is 10.3. The second-order valence-electron chi connectivity index (χ2n) is 13.3. The molecule has 50 heavy (non-hydrogen) atoms. The maximum atomic E-state index is 14.1. The zero-order valence-electron chi connectivity index (χ0n) is 28.8. The van der Waals surface area contributed by atoms with E-state index < -0.39 is 6.04 Å². The van der Waals surface area contributed by atoms with Crippen molar-refractivity contribution in [2.75, 3.05) is 18.9 Å². The zero-order valence-corrected chi connectivity index (χ0v) is 30.4. The third kappa shape index (κ3) is 6.96. The second kappa shape index (κ2) is 14.2. The fourth-order valence-electron chi connectivity index (χ4n) is 6.87. The number of pyridine rings is 1. The smallest absolute Gasteiger partial charge is 0.248 e. The molecule has 13 heteroatoms. The van der Waals surface area contributed by atoms with Gasteiger partial charge in [0.2, 0.25) is 17.7 Å². The molecule has 3 aromatic heterocycles. The zero-order chi connectivity index (χ0) is 35.7. The van der Waals surface area contributed by atoms with Gasteiger partial charge < -0.3 is 15.1 Å². The van der Waals surface area contributed by atoms with Crippen molar-refractivity contribution in [3.63, 3.8) is 0 Å². The number of unbranched alkanes of at least 4 members (excludes halogenated alkanes) is 2. The molecule has 1 saturated heterocycles. The number of anilines is 1. The largest absolute Gasteiger partial charge is 0.345 e. The number of ketones is 1. The maximum absolute atomic E-state index is 14.1. The summed E-state index contributed by atoms with van der Waals surface area (Å²) in [6, 6.07) is 8.12. The summed E-state index contributed by atoms with van der Waals surface area (Å²) in [6.07, 6.45) is 9.53. The van der Waals surface area contributed by atoms with Gasteiger partial charge >= 0.3 is 0 Å². The van der Waals surface area contributed by atoms with Gasteiger partial charge in [-0.25, -0.2) is 15.0 Å². The minimum absolute atomic E-state index is 0.0686. The molecule has 0 bridgehead atoms. The average molecular weight is 742 g/mol. The number of benzene rings is 1. The Morgan fingerprint density at radius 3 is 2.56 bits per heavy atom. The van der Waals surface area contributed by atoms with Gasteiger partial charge in [-0.05, 0) is 65.9 Å². The van der Waals surface area contributed by atoms with Gasteiger partial charge in [0.1, 0.15) is 34.5 Å². The van der Waals surface area contributed by atoms with Gasteiger partial charge in [-0.3, -0.25) is 23.9 Å². The van der Waals surface area contributed by atoms with Crippen LogP contribution in [0.3, 0.4) is 0 Å². The fourth-order valence-corrected chi connectivity index (χ4v) is 7.18. The molecule has 260 valence electrons. The van der Waals surface area contributed by atoms with Crippen molar-refractivity contribution in [1.29, 1.82) is 0 Å². The maximum Gasteiger partial charge on any atom is 0.248 e. The van der Waals surface area contributed by atoms with Crippen LogP contribution in [-0.4, -0.2) is 83.7 Å². The summed E-state index contributed by atoms with van der Waals surface area (Å²) in [5, 5.41) is 8.12. The summed E-state index contributed by atoms with van der Waals surface area (Å²) in [5.41, 5.74) is 2.72. The van der Waals surface area contributed by atoms with Gasteiger partial charge in [0.25, 0.3) is 0 Å². The van der Waals surface area contributed by atoms with E-state index in [1.165, 1.54) is 11.6 Å². The van der Waals surface area contributed by atoms with Gasteiger partial charge in [-0.15, -0.1) is 6.58 Å². The van der Waals surface area contributed by atoms with Crippen LogP contribution in [-0.2, 0) is 27.3 Å². The summed E-state index contributed by atoms with van der Waals surface area (Å²) < 4.78 is 2.04. The van der Waals surface area contributed by atoms with Gasteiger partial charge in [0.05, 0.1) is 11.9 Å². The summed E-state index contributed by atoms with van der Waals surface area (Å²) in [5.74, 6) is -0.0479. The minimum atomic E-state index is -0.789. The van der Waals surface area contributed by atoms with Gasteiger partial charge in [0, 0.05) is 60.9 Å². The van der Waals surface area contributed by atoms with Crippen LogP contribution in [0.4, 0.5) is 5.82 Å². The highest BCUT2D eigenvalue weighted by atomic mass is 79.9. The number of carbonyl (C=O) groups excluding carboxylic acids is 4. The number of nitrogens with zero attached hydrogens (tertiary/aromatic N) is 7. The lowest BCUT2D eigenvalue weighted by atomic mass is 9.99. The highest BCUT2D eigenvalue weighted by Crippen LogP contribution is 2.60. The van der Waals surface area contributed by atoms with E-state index in [1.807, 2.05) is 31.2 Å². The lowest BCUT2D eigenvalue weighted by Crippen LogP contribution is -2.47. The Morgan fingerprint density at radius 1 is 1.10 bits per heavy atom. The summed E-state index contributed by atoms with van der Waals surface area (Å²) in [7, 11) is 1.78. The predicted molar refractivity (Wildman–Crippen MR) is 193 cm³/mol. The molecule has 1 saturated carbocycles. The average Bonchev–Trinajstić information content (AvgIpc) is 3.53. The number of nitrogens with one attached hydrogen (secondary N) is 1. The van der Waals surface area contributed by atoms with E-state index in [0.717, 1.165) is 30.4 Å².